The van der Waals surface area contributed by atoms with E-state index in [1.807, 2.05) is 72.5 Å². The SMILES string of the molecule is COc1ccc(-c2noc(C3=C(C)N(c4ccccc4)C(=S)NC3c3ccccc3)n2)cc1F. The molecule has 4 aromatic rings. The Balaban J connectivity index is 1.63. The molecule has 6 nitrogen and oxygen atoms in total. The fraction of sp³-hybridized carbons (Fsp3) is 0.115. The van der Waals surface area contributed by atoms with Crippen LogP contribution in [0.15, 0.2) is 89.1 Å². The van der Waals surface area contributed by atoms with Crippen molar-refractivity contribution in [1.29, 1.82) is 0 Å². The predicted octanol–water partition coefficient (Wildman–Crippen LogP) is 5.75. The highest BCUT2D eigenvalue weighted by molar-refractivity contribution is 7.80. The fourth-order valence-electron chi connectivity index (χ4n) is 4.06. The Kier molecular flexibility index (Phi) is 5.81. The van der Waals surface area contributed by atoms with E-state index in [4.69, 9.17) is 21.5 Å². The second kappa shape index (κ2) is 9.07. The number of thiocarbonyl (C=S) groups is 1. The average molecular weight is 473 g/mol. The minimum Gasteiger partial charge on any atom is -0.494 e. The van der Waals surface area contributed by atoms with E-state index >= 15 is 0 Å². The molecule has 0 radical (unpaired) electrons. The van der Waals surface area contributed by atoms with Gasteiger partial charge in [-0.05, 0) is 55.0 Å². The van der Waals surface area contributed by atoms with Gasteiger partial charge in [0, 0.05) is 16.9 Å². The molecule has 2 heterocycles. The van der Waals surface area contributed by atoms with Crippen LogP contribution in [0.2, 0.25) is 0 Å². The van der Waals surface area contributed by atoms with E-state index < -0.39 is 5.82 Å². The van der Waals surface area contributed by atoms with Crippen molar-refractivity contribution >= 4 is 28.6 Å². The fourth-order valence-corrected chi connectivity index (χ4v) is 4.42. The average Bonchev–Trinajstić information content (AvgIpc) is 3.34. The first-order valence-electron chi connectivity index (χ1n) is 10.7. The van der Waals surface area contributed by atoms with Crippen molar-refractivity contribution in [2.24, 2.45) is 0 Å². The highest BCUT2D eigenvalue weighted by Gasteiger charge is 2.34. The monoisotopic (exact) mass is 472 g/mol. The maximum atomic E-state index is 14.3. The van der Waals surface area contributed by atoms with Crippen LogP contribution in [0.5, 0.6) is 5.75 Å². The Labute approximate surface area is 201 Å². The molecule has 1 atom stereocenters. The molecule has 1 aliphatic rings. The van der Waals surface area contributed by atoms with Crippen LogP contribution in [0, 0.1) is 5.82 Å². The van der Waals surface area contributed by atoms with Crippen LogP contribution in [0.25, 0.3) is 17.0 Å². The number of allylic oxidation sites excluding steroid dienone is 1. The lowest BCUT2D eigenvalue weighted by Gasteiger charge is -2.37. The minimum absolute atomic E-state index is 0.152. The molecule has 8 heteroatoms. The molecule has 0 bridgehead atoms. The van der Waals surface area contributed by atoms with Gasteiger partial charge in [-0.2, -0.15) is 4.98 Å². The molecule has 5 rings (SSSR count). The van der Waals surface area contributed by atoms with Crippen molar-refractivity contribution in [1.82, 2.24) is 15.5 Å². The third-order valence-corrected chi connectivity index (χ3v) is 6.00. The number of para-hydroxylation sites is 1. The number of rotatable bonds is 5. The second-order valence-electron chi connectivity index (χ2n) is 7.74. The molecule has 170 valence electrons. The first kappa shape index (κ1) is 21.8. The number of hydrogen-bond acceptors (Lipinski definition) is 5. The summed E-state index contributed by atoms with van der Waals surface area (Å²) in [6.45, 7) is 1.97. The van der Waals surface area contributed by atoms with Crippen molar-refractivity contribution < 1.29 is 13.7 Å². The number of hydrogen-bond donors (Lipinski definition) is 1. The molecule has 1 unspecified atom stereocenters. The number of ether oxygens (including phenoxy) is 1. The molecule has 3 aromatic carbocycles. The quantitative estimate of drug-likeness (QED) is 0.371. The van der Waals surface area contributed by atoms with E-state index in [0.717, 1.165) is 22.5 Å². The van der Waals surface area contributed by atoms with E-state index in [-0.39, 0.29) is 17.6 Å². The lowest BCUT2D eigenvalue weighted by molar-refractivity contribution is 0.386. The third-order valence-electron chi connectivity index (χ3n) is 5.70. The molecule has 0 fully saturated rings. The summed E-state index contributed by atoms with van der Waals surface area (Å²) in [5, 5.41) is 8.13. The zero-order chi connectivity index (χ0) is 23.7. The van der Waals surface area contributed by atoms with Gasteiger partial charge in [-0.15, -0.1) is 0 Å². The molecule has 0 saturated heterocycles. The van der Waals surface area contributed by atoms with Crippen molar-refractivity contribution in [3.05, 3.63) is 102 Å². The van der Waals surface area contributed by atoms with Crippen LogP contribution < -0.4 is 15.0 Å². The zero-order valence-electron chi connectivity index (χ0n) is 18.5. The van der Waals surface area contributed by atoms with E-state index in [2.05, 4.69) is 15.5 Å². The molecule has 0 amide bonds. The van der Waals surface area contributed by atoms with Crippen molar-refractivity contribution in [2.45, 2.75) is 13.0 Å². The number of aromatic nitrogens is 2. The van der Waals surface area contributed by atoms with Gasteiger partial charge in [0.25, 0.3) is 5.89 Å². The van der Waals surface area contributed by atoms with Gasteiger partial charge in [-0.25, -0.2) is 4.39 Å². The first-order valence-corrected chi connectivity index (χ1v) is 11.1. The van der Waals surface area contributed by atoms with Gasteiger partial charge >= 0.3 is 0 Å². The number of nitrogens with zero attached hydrogens (tertiary/aromatic N) is 3. The largest absolute Gasteiger partial charge is 0.494 e. The molecule has 1 aromatic heterocycles. The molecule has 0 aliphatic carbocycles. The minimum atomic E-state index is -0.496. The third kappa shape index (κ3) is 3.92. The standard InChI is InChI=1S/C26H21FN4O2S/c1-16-22(25-29-24(30-33-25)18-13-14-21(32-2)20(27)15-18)23(17-9-5-3-6-10-17)28-26(34)31(16)19-11-7-4-8-12-19/h3-15,23H,1-2H3,(H,28,34). The molecule has 1 aliphatic heterocycles. The maximum Gasteiger partial charge on any atom is 0.258 e. The van der Waals surface area contributed by atoms with E-state index in [0.29, 0.717) is 16.6 Å². The van der Waals surface area contributed by atoms with Crippen molar-refractivity contribution in [3.63, 3.8) is 0 Å². The number of methoxy groups -OCH3 is 1. The summed E-state index contributed by atoms with van der Waals surface area (Å²) in [4.78, 5) is 6.57. The van der Waals surface area contributed by atoms with Crippen LogP contribution >= 0.6 is 12.2 Å². The summed E-state index contributed by atoms with van der Waals surface area (Å²) in [6.07, 6.45) is 0. The van der Waals surface area contributed by atoms with Crippen LogP contribution in [-0.4, -0.2) is 22.4 Å². The van der Waals surface area contributed by atoms with Crippen molar-refractivity contribution in [2.75, 3.05) is 12.0 Å². The topological polar surface area (TPSA) is 63.4 Å². The summed E-state index contributed by atoms with van der Waals surface area (Å²) in [5.74, 6) is 0.263. The number of halogens is 1. The Bertz CT molecular complexity index is 1370. The highest BCUT2D eigenvalue weighted by Crippen LogP contribution is 2.39. The molecular formula is C26H21FN4O2S. The van der Waals surface area contributed by atoms with E-state index in [1.54, 1.807) is 6.07 Å². The van der Waals surface area contributed by atoms with Crippen LogP contribution in [-0.2, 0) is 0 Å². The Morgan fingerprint density at radius 3 is 2.41 bits per heavy atom. The van der Waals surface area contributed by atoms with Gasteiger partial charge in [0.2, 0.25) is 5.82 Å². The Hall–Kier alpha value is -4.04. The van der Waals surface area contributed by atoms with Crippen LogP contribution in [0.3, 0.4) is 0 Å². The lowest BCUT2D eigenvalue weighted by Crippen LogP contribution is -2.46. The van der Waals surface area contributed by atoms with E-state index in [9.17, 15) is 4.39 Å². The number of anilines is 1. The number of benzene rings is 3. The number of nitrogens with one attached hydrogen (secondary N) is 1. The second-order valence-corrected chi connectivity index (χ2v) is 8.12. The predicted molar refractivity (Wildman–Crippen MR) is 133 cm³/mol. The highest BCUT2D eigenvalue weighted by atomic mass is 32.1. The lowest BCUT2D eigenvalue weighted by atomic mass is 9.94. The summed E-state index contributed by atoms with van der Waals surface area (Å²) in [6, 6.07) is 24.0. The van der Waals surface area contributed by atoms with Crippen LogP contribution in [0.4, 0.5) is 10.1 Å². The molecule has 1 N–H and O–H groups in total. The summed E-state index contributed by atoms with van der Waals surface area (Å²) < 4.78 is 25.0. The Morgan fingerprint density at radius 1 is 1.03 bits per heavy atom. The normalized spacial score (nSPS) is 15.9. The van der Waals surface area contributed by atoms with Gasteiger partial charge in [0.1, 0.15) is 0 Å². The summed E-state index contributed by atoms with van der Waals surface area (Å²) in [7, 11) is 1.42. The smallest absolute Gasteiger partial charge is 0.258 e. The van der Waals surface area contributed by atoms with Gasteiger partial charge in [0.05, 0.1) is 18.7 Å². The van der Waals surface area contributed by atoms with E-state index in [1.165, 1.54) is 19.2 Å². The van der Waals surface area contributed by atoms with Gasteiger partial charge in [-0.1, -0.05) is 53.7 Å². The zero-order valence-corrected chi connectivity index (χ0v) is 19.3. The van der Waals surface area contributed by atoms with Crippen molar-refractivity contribution in [3.8, 4) is 17.1 Å². The summed E-state index contributed by atoms with van der Waals surface area (Å²) >= 11 is 5.75. The maximum absolute atomic E-state index is 14.3. The molecular weight excluding hydrogens is 451 g/mol. The van der Waals surface area contributed by atoms with Gasteiger partial charge in [0.15, 0.2) is 16.7 Å². The van der Waals surface area contributed by atoms with Gasteiger partial charge in [-0.3, -0.25) is 4.90 Å². The molecule has 0 saturated carbocycles. The summed E-state index contributed by atoms with van der Waals surface area (Å²) in [5.41, 5.74) is 4.05. The van der Waals surface area contributed by atoms with Gasteiger partial charge < -0.3 is 14.6 Å². The molecule has 34 heavy (non-hydrogen) atoms. The first-order chi connectivity index (χ1) is 16.6. The molecule has 0 spiro atoms. The Morgan fingerprint density at radius 2 is 1.74 bits per heavy atom. The van der Waals surface area contributed by atoms with Crippen LogP contribution in [0.1, 0.15) is 24.4 Å².